The Morgan fingerprint density at radius 2 is 2.25 bits per heavy atom. The second-order valence-corrected chi connectivity index (χ2v) is 6.88. The molecule has 1 fully saturated rings. The van der Waals surface area contributed by atoms with Crippen molar-refractivity contribution in [3.63, 3.8) is 0 Å². The summed E-state index contributed by atoms with van der Waals surface area (Å²) in [5.41, 5.74) is 3.56. The van der Waals surface area contributed by atoms with Crippen LogP contribution >= 0.6 is 0 Å². The van der Waals surface area contributed by atoms with Crippen LogP contribution in [0.3, 0.4) is 0 Å². The molecule has 144 valence electrons. The minimum atomic E-state index is 0.475. The van der Waals surface area contributed by atoms with Crippen LogP contribution < -0.4 is 15.4 Å². The summed E-state index contributed by atoms with van der Waals surface area (Å²) in [6.45, 7) is 15.3. The second kappa shape index (κ2) is 10.4. The smallest absolute Gasteiger partial charge is 0.190 e. The SMILES string of the molecule is [C-]#[N+]c1ccnc(/C=C/c2cc(CNCC3CCNC3)cc(OCC=C)c2)c1. The number of nitrogens with zero attached hydrogens (tertiary/aromatic N) is 2. The third kappa shape index (κ3) is 6.05. The average molecular weight is 374 g/mol. The molecule has 2 heterocycles. The van der Waals surface area contributed by atoms with Crippen molar-refractivity contribution in [2.75, 3.05) is 26.2 Å². The molecule has 1 atom stereocenters. The topological polar surface area (TPSA) is 50.5 Å². The molecular weight excluding hydrogens is 348 g/mol. The highest BCUT2D eigenvalue weighted by Gasteiger charge is 2.13. The molecule has 1 saturated heterocycles. The van der Waals surface area contributed by atoms with E-state index in [-0.39, 0.29) is 0 Å². The van der Waals surface area contributed by atoms with E-state index in [2.05, 4.69) is 39.2 Å². The molecule has 0 aliphatic carbocycles. The van der Waals surface area contributed by atoms with Gasteiger partial charge in [0.1, 0.15) is 12.4 Å². The Kier molecular flexibility index (Phi) is 7.36. The summed E-state index contributed by atoms with van der Waals surface area (Å²) in [7, 11) is 0. The molecule has 1 aliphatic rings. The van der Waals surface area contributed by atoms with Crippen LogP contribution in [0.25, 0.3) is 17.0 Å². The fourth-order valence-corrected chi connectivity index (χ4v) is 3.21. The zero-order chi connectivity index (χ0) is 19.6. The molecule has 2 aromatic rings. The third-order valence-electron chi connectivity index (χ3n) is 4.62. The van der Waals surface area contributed by atoms with Crippen molar-refractivity contribution >= 4 is 17.8 Å². The first-order valence-electron chi connectivity index (χ1n) is 9.57. The zero-order valence-electron chi connectivity index (χ0n) is 16.0. The van der Waals surface area contributed by atoms with Crippen LogP contribution in [-0.2, 0) is 6.54 Å². The summed E-state index contributed by atoms with van der Waals surface area (Å²) in [6, 6.07) is 9.70. The van der Waals surface area contributed by atoms with Gasteiger partial charge in [-0.1, -0.05) is 24.8 Å². The van der Waals surface area contributed by atoms with E-state index >= 15 is 0 Å². The van der Waals surface area contributed by atoms with Crippen LogP contribution in [0.4, 0.5) is 5.69 Å². The van der Waals surface area contributed by atoms with E-state index in [0.29, 0.717) is 18.2 Å². The average Bonchev–Trinajstić information content (AvgIpc) is 3.24. The van der Waals surface area contributed by atoms with Crippen LogP contribution in [0, 0.1) is 12.5 Å². The van der Waals surface area contributed by atoms with Crippen LogP contribution in [-0.4, -0.2) is 31.2 Å². The normalized spacial score (nSPS) is 16.2. The first kappa shape index (κ1) is 19.8. The number of pyridine rings is 1. The number of aromatic nitrogens is 1. The van der Waals surface area contributed by atoms with Gasteiger partial charge in [0.05, 0.1) is 12.3 Å². The molecule has 5 nitrogen and oxygen atoms in total. The van der Waals surface area contributed by atoms with Crippen molar-refractivity contribution in [2.45, 2.75) is 13.0 Å². The maximum Gasteiger partial charge on any atom is 0.190 e. The van der Waals surface area contributed by atoms with Gasteiger partial charge in [0.25, 0.3) is 0 Å². The highest BCUT2D eigenvalue weighted by Crippen LogP contribution is 2.20. The van der Waals surface area contributed by atoms with Crippen molar-refractivity contribution in [1.82, 2.24) is 15.6 Å². The monoisotopic (exact) mass is 374 g/mol. The molecule has 28 heavy (non-hydrogen) atoms. The van der Waals surface area contributed by atoms with Gasteiger partial charge >= 0.3 is 0 Å². The fourth-order valence-electron chi connectivity index (χ4n) is 3.21. The summed E-state index contributed by atoms with van der Waals surface area (Å²) >= 11 is 0. The maximum atomic E-state index is 7.12. The molecule has 1 unspecified atom stereocenters. The van der Waals surface area contributed by atoms with Gasteiger partial charge in [0.2, 0.25) is 0 Å². The van der Waals surface area contributed by atoms with Gasteiger partial charge < -0.3 is 15.4 Å². The standard InChI is InChI=1S/C23H26N4O/c1-3-10-28-23-12-18(4-5-22-14-21(24-2)7-9-27-22)11-20(13-23)17-26-16-19-6-8-25-15-19/h3-5,7,9,11-14,19,25-26H,1,6,8,10,15-17H2/b5-4+. The molecule has 3 rings (SSSR count). The lowest BCUT2D eigenvalue weighted by atomic mass is 10.1. The summed E-state index contributed by atoms with van der Waals surface area (Å²) in [4.78, 5) is 7.75. The minimum Gasteiger partial charge on any atom is -0.490 e. The Morgan fingerprint density at radius 1 is 1.32 bits per heavy atom. The van der Waals surface area contributed by atoms with Gasteiger partial charge in [0.15, 0.2) is 5.69 Å². The number of benzene rings is 1. The summed E-state index contributed by atoms with van der Waals surface area (Å²) in [5.74, 6) is 1.53. The number of ether oxygens (including phenoxy) is 1. The predicted octanol–water partition coefficient (Wildman–Crippen LogP) is 4.07. The van der Waals surface area contributed by atoms with E-state index in [4.69, 9.17) is 11.3 Å². The molecule has 0 bridgehead atoms. The zero-order valence-corrected chi connectivity index (χ0v) is 16.0. The van der Waals surface area contributed by atoms with Crippen LogP contribution in [0.1, 0.15) is 23.2 Å². The van der Waals surface area contributed by atoms with Crippen molar-refractivity contribution in [3.8, 4) is 5.75 Å². The van der Waals surface area contributed by atoms with Crippen molar-refractivity contribution in [2.24, 2.45) is 5.92 Å². The Labute approximate surface area is 167 Å². The van der Waals surface area contributed by atoms with Crippen molar-refractivity contribution in [3.05, 3.63) is 77.4 Å². The molecule has 1 aliphatic heterocycles. The number of nitrogens with one attached hydrogen (secondary N) is 2. The first-order chi connectivity index (χ1) is 13.8. The van der Waals surface area contributed by atoms with E-state index in [1.807, 2.05) is 18.2 Å². The molecular formula is C23H26N4O. The highest BCUT2D eigenvalue weighted by atomic mass is 16.5. The quantitative estimate of drug-likeness (QED) is 0.513. The second-order valence-electron chi connectivity index (χ2n) is 6.88. The van der Waals surface area contributed by atoms with E-state index in [9.17, 15) is 0 Å². The van der Waals surface area contributed by atoms with Crippen LogP contribution in [0.2, 0.25) is 0 Å². The molecule has 1 aromatic heterocycles. The maximum absolute atomic E-state index is 7.12. The highest BCUT2D eigenvalue weighted by molar-refractivity contribution is 5.70. The fraction of sp³-hybridized carbons (Fsp3) is 0.304. The van der Waals surface area contributed by atoms with E-state index in [1.54, 1.807) is 24.4 Å². The molecule has 5 heteroatoms. The van der Waals surface area contributed by atoms with Gasteiger partial charge in [-0.25, -0.2) is 4.85 Å². The Morgan fingerprint density at radius 3 is 3.04 bits per heavy atom. The van der Waals surface area contributed by atoms with Gasteiger partial charge in [-0.05, 0) is 73.4 Å². The largest absolute Gasteiger partial charge is 0.490 e. The summed E-state index contributed by atoms with van der Waals surface area (Å²) < 4.78 is 5.76. The van der Waals surface area contributed by atoms with Gasteiger partial charge in [-0.2, -0.15) is 0 Å². The Hall–Kier alpha value is -2.94. The third-order valence-corrected chi connectivity index (χ3v) is 4.62. The predicted molar refractivity (Wildman–Crippen MR) is 114 cm³/mol. The number of hydrogen-bond donors (Lipinski definition) is 2. The van der Waals surface area contributed by atoms with E-state index < -0.39 is 0 Å². The minimum absolute atomic E-state index is 0.475. The lowest BCUT2D eigenvalue weighted by molar-refractivity contribution is 0.362. The first-order valence-corrected chi connectivity index (χ1v) is 9.57. The van der Waals surface area contributed by atoms with Gasteiger partial charge in [0, 0.05) is 12.7 Å². The van der Waals surface area contributed by atoms with Gasteiger partial charge in [-0.15, -0.1) is 0 Å². The van der Waals surface area contributed by atoms with Gasteiger partial charge in [-0.3, -0.25) is 4.98 Å². The molecule has 0 saturated carbocycles. The number of hydrogen-bond acceptors (Lipinski definition) is 4. The molecule has 0 spiro atoms. The Bertz CT molecular complexity index is 863. The number of rotatable bonds is 9. The molecule has 0 radical (unpaired) electrons. The lowest BCUT2D eigenvalue weighted by Gasteiger charge is -2.12. The van der Waals surface area contributed by atoms with Crippen molar-refractivity contribution < 1.29 is 4.74 Å². The molecule has 1 aromatic carbocycles. The van der Waals surface area contributed by atoms with E-state index in [1.165, 1.54) is 12.0 Å². The summed E-state index contributed by atoms with van der Waals surface area (Å²) in [6.07, 6.45) is 8.56. The van der Waals surface area contributed by atoms with Crippen molar-refractivity contribution in [1.29, 1.82) is 0 Å². The van der Waals surface area contributed by atoms with Crippen LogP contribution in [0.15, 0.2) is 49.2 Å². The Balaban J connectivity index is 1.71. The summed E-state index contributed by atoms with van der Waals surface area (Å²) in [5, 5.41) is 6.96. The lowest BCUT2D eigenvalue weighted by Crippen LogP contribution is -2.24. The molecule has 0 amide bonds. The van der Waals surface area contributed by atoms with Crippen LogP contribution in [0.5, 0.6) is 5.75 Å². The van der Waals surface area contributed by atoms with E-state index in [0.717, 1.165) is 43.2 Å². The molecule has 2 N–H and O–H groups in total.